The molecule has 3 aromatic carbocycles. The number of aromatic amines is 1. The summed E-state index contributed by atoms with van der Waals surface area (Å²) in [6.07, 6.45) is 0. The number of nitrogens with zero attached hydrogens (tertiary/aromatic N) is 1. The van der Waals surface area contributed by atoms with Crippen LogP contribution in [-0.2, 0) is 0 Å². The number of hydrogen-bond acceptors (Lipinski definition) is 7. The van der Waals surface area contributed by atoms with Gasteiger partial charge in [0.25, 0.3) is 5.69 Å². The number of phenols is 1. The normalized spacial score (nSPS) is 10.9. The minimum Gasteiger partial charge on any atom is -0.508 e. The smallest absolute Gasteiger partial charge is 0.293 e. The van der Waals surface area contributed by atoms with Crippen LogP contribution in [0.1, 0.15) is 0 Å². The molecular weight excluding hydrogens is 390 g/mol. The maximum Gasteiger partial charge on any atom is 0.293 e. The molecule has 1 aromatic heterocycles. The lowest BCUT2D eigenvalue weighted by atomic mass is 10.1. The average molecular weight is 407 g/mol. The van der Waals surface area contributed by atoms with Crippen LogP contribution in [0.3, 0.4) is 0 Å². The lowest BCUT2D eigenvalue weighted by molar-refractivity contribution is -0.383. The van der Waals surface area contributed by atoms with Crippen LogP contribution in [0.2, 0.25) is 0 Å². The van der Waals surface area contributed by atoms with Gasteiger partial charge in [-0.1, -0.05) is 0 Å². The van der Waals surface area contributed by atoms with Crippen LogP contribution in [-0.4, -0.2) is 29.2 Å². The summed E-state index contributed by atoms with van der Waals surface area (Å²) in [5, 5.41) is 24.8. The third-order valence-electron chi connectivity index (χ3n) is 4.75. The van der Waals surface area contributed by atoms with Crippen molar-refractivity contribution in [2.45, 2.75) is 0 Å². The second-order valence-corrected chi connectivity index (χ2v) is 6.55. The van der Waals surface area contributed by atoms with Crippen molar-refractivity contribution in [3.63, 3.8) is 0 Å². The summed E-state index contributed by atoms with van der Waals surface area (Å²) < 4.78 is 10.5. The largest absolute Gasteiger partial charge is 0.508 e. The summed E-state index contributed by atoms with van der Waals surface area (Å²) in [5.41, 5.74) is 0.715. The van der Waals surface area contributed by atoms with Gasteiger partial charge < -0.3 is 24.9 Å². The second-order valence-electron chi connectivity index (χ2n) is 6.55. The van der Waals surface area contributed by atoms with Crippen LogP contribution in [0.4, 0.5) is 17.1 Å². The Bertz CT molecular complexity index is 1340. The highest BCUT2D eigenvalue weighted by Crippen LogP contribution is 2.34. The summed E-state index contributed by atoms with van der Waals surface area (Å²) in [6.45, 7) is 0. The molecule has 4 aromatic rings. The number of benzene rings is 3. The molecule has 0 saturated heterocycles. The molecule has 0 fully saturated rings. The average Bonchev–Trinajstić information content (AvgIpc) is 2.73. The summed E-state index contributed by atoms with van der Waals surface area (Å²) in [5.74, 6) is 0.990. The van der Waals surface area contributed by atoms with Gasteiger partial charge in [0.1, 0.15) is 22.8 Å². The minimum atomic E-state index is -0.553. The number of methoxy groups -OCH3 is 2. The number of nitro benzene ring substituents is 1. The topological polar surface area (TPSA) is 127 Å². The molecule has 152 valence electrons. The molecule has 4 rings (SSSR count). The number of phenolic OH excluding ortho intramolecular Hbond substituents is 1. The molecule has 0 unspecified atom stereocenters. The third-order valence-corrected chi connectivity index (χ3v) is 4.75. The molecule has 0 amide bonds. The van der Waals surface area contributed by atoms with Gasteiger partial charge in [-0.2, -0.15) is 0 Å². The van der Waals surface area contributed by atoms with E-state index in [-0.39, 0.29) is 27.7 Å². The number of pyridine rings is 1. The number of H-pyrrole nitrogens is 1. The van der Waals surface area contributed by atoms with Gasteiger partial charge in [0, 0.05) is 35.3 Å². The maximum atomic E-state index is 13.2. The molecule has 9 nitrogen and oxygen atoms in total. The van der Waals surface area contributed by atoms with Gasteiger partial charge in [-0.3, -0.25) is 14.9 Å². The van der Waals surface area contributed by atoms with Crippen molar-refractivity contribution in [3.8, 4) is 17.2 Å². The van der Waals surface area contributed by atoms with E-state index in [0.29, 0.717) is 28.4 Å². The quantitative estimate of drug-likeness (QED) is 0.259. The Morgan fingerprint density at radius 2 is 1.73 bits per heavy atom. The van der Waals surface area contributed by atoms with E-state index in [1.807, 2.05) is 0 Å². The highest BCUT2D eigenvalue weighted by Gasteiger charge is 2.20. The lowest BCUT2D eigenvalue weighted by Crippen LogP contribution is -2.08. The molecule has 9 heteroatoms. The number of rotatable bonds is 5. The van der Waals surface area contributed by atoms with E-state index in [4.69, 9.17) is 9.47 Å². The first-order chi connectivity index (χ1) is 14.4. The molecule has 0 bridgehead atoms. The fourth-order valence-electron chi connectivity index (χ4n) is 3.34. The Balaban J connectivity index is 2.00. The van der Waals surface area contributed by atoms with E-state index in [0.717, 1.165) is 0 Å². The number of ether oxygens (including phenoxy) is 2. The lowest BCUT2D eigenvalue weighted by Gasteiger charge is -2.13. The zero-order chi connectivity index (χ0) is 21.4. The first-order valence-corrected chi connectivity index (χ1v) is 8.87. The molecule has 1 heterocycles. The highest BCUT2D eigenvalue weighted by atomic mass is 16.6. The van der Waals surface area contributed by atoms with E-state index in [9.17, 15) is 20.0 Å². The van der Waals surface area contributed by atoms with Crippen LogP contribution in [0.25, 0.3) is 21.8 Å². The number of aromatic nitrogens is 1. The molecule has 0 saturated carbocycles. The molecule has 0 atom stereocenters. The Kier molecular flexibility index (Phi) is 4.63. The van der Waals surface area contributed by atoms with E-state index in [1.165, 1.54) is 44.6 Å². The first kappa shape index (κ1) is 19.1. The van der Waals surface area contributed by atoms with E-state index >= 15 is 0 Å². The van der Waals surface area contributed by atoms with Crippen LogP contribution in [0.5, 0.6) is 17.2 Å². The van der Waals surface area contributed by atoms with Crippen molar-refractivity contribution in [1.29, 1.82) is 0 Å². The van der Waals surface area contributed by atoms with Crippen LogP contribution in [0, 0.1) is 10.1 Å². The van der Waals surface area contributed by atoms with Gasteiger partial charge in [-0.15, -0.1) is 0 Å². The van der Waals surface area contributed by atoms with Crippen molar-refractivity contribution >= 4 is 38.9 Å². The molecule has 0 spiro atoms. The van der Waals surface area contributed by atoms with Gasteiger partial charge in [0.05, 0.1) is 35.7 Å². The molecule has 0 aliphatic heterocycles. The van der Waals surface area contributed by atoms with Gasteiger partial charge in [-0.25, -0.2) is 0 Å². The number of non-ortho nitro benzene ring substituents is 1. The maximum absolute atomic E-state index is 13.2. The highest BCUT2D eigenvalue weighted by molar-refractivity contribution is 6.04. The summed E-state index contributed by atoms with van der Waals surface area (Å²) >= 11 is 0. The summed E-state index contributed by atoms with van der Waals surface area (Å²) in [4.78, 5) is 27.2. The van der Waals surface area contributed by atoms with Gasteiger partial charge >= 0.3 is 0 Å². The second kappa shape index (κ2) is 7.28. The van der Waals surface area contributed by atoms with Gasteiger partial charge in [-0.05, 0) is 24.3 Å². The molecule has 30 heavy (non-hydrogen) atoms. The number of nitrogens with one attached hydrogen (secondary N) is 2. The molecule has 0 aliphatic carbocycles. The van der Waals surface area contributed by atoms with Crippen molar-refractivity contribution in [2.75, 3.05) is 19.5 Å². The molecular formula is C21H17N3O6. The third kappa shape index (κ3) is 3.22. The fourth-order valence-corrected chi connectivity index (χ4v) is 3.34. The number of hydrogen-bond donors (Lipinski definition) is 3. The minimum absolute atomic E-state index is 0.0789. The summed E-state index contributed by atoms with van der Waals surface area (Å²) in [7, 11) is 3.03. The number of anilines is 2. The van der Waals surface area contributed by atoms with E-state index < -0.39 is 10.4 Å². The molecule has 0 radical (unpaired) electrons. The number of fused-ring (bicyclic) bond motifs is 2. The Labute approximate surface area is 169 Å². The summed E-state index contributed by atoms with van der Waals surface area (Å²) in [6, 6.07) is 12.1. The van der Waals surface area contributed by atoms with Crippen molar-refractivity contribution < 1.29 is 19.5 Å². The number of nitro groups is 1. The zero-order valence-electron chi connectivity index (χ0n) is 16.1. The number of aromatic hydroxyl groups is 1. The van der Waals surface area contributed by atoms with E-state index in [2.05, 4.69) is 10.3 Å². The van der Waals surface area contributed by atoms with Gasteiger partial charge in [0.2, 0.25) is 0 Å². The molecule has 0 aliphatic rings. The fraction of sp³-hybridized carbons (Fsp3) is 0.0952. The zero-order valence-corrected chi connectivity index (χ0v) is 16.1. The Hall–Kier alpha value is -4.27. The van der Waals surface area contributed by atoms with Crippen molar-refractivity contribution in [2.24, 2.45) is 0 Å². The SMILES string of the molecule is COc1cc(Nc2ccc([N+](=O)[O-])c3[nH]c4ccc(O)cc4c(=O)c23)cc(OC)c1. The predicted octanol–water partition coefficient (Wildman–Crippen LogP) is 4.06. The van der Waals surface area contributed by atoms with Crippen molar-refractivity contribution in [1.82, 2.24) is 4.98 Å². The van der Waals surface area contributed by atoms with Crippen LogP contribution >= 0.6 is 0 Å². The molecule has 3 N–H and O–H groups in total. The monoisotopic (exact) mass is 407 g/mol. The Morgan fingerprint density at radius 3 is 2.37 bits per heavy atom. The first-order valence-electron chi connectivity index (χ1n) is 8.87. The Morgan fingerprint density at radius 1 is 1.03 bits per heavy atom. The van der Waals surface area contributed by atoms with E-state index in [1.54, 1.807) is 18.2 Å². The van der Waals surface area contributed by atoms with Crippen molar-refractivity contribution in [3.05, 3.63) is 68.9 Å². The standard InChI is InChI=1S/C21H17N3O6/c1-29-13-7-11(8-14(10-13)30-2)22-17-5-6-18(24(27)28)20-19(17)21(26)15-9-12(25)3-4-16(15)23-20/h3-10,22,25H,1-2H3,(H,23,26). The predicted molar refractivity (Wildman–Crippen MR) is 113 cm³/mol. The van der Waals surface area contributed by atoms with Gasteiger partial charge in [0.15, 0.2) is 5.43 Å². The van der Waals surface area contributed by atoms with Crippen LogP contribution < -0.4 is 20.2 Å². The van der Waals surface area contributed by atoms with Crippen LogP contribution in [0.15, 0.2) is 53.3 Å².